The van der Waals surface area contributed by atoms with Crippen molar-refractivity contribution in [1.29, 1.82) is 0 Å². The molecule has 56 valence electrons. The van der Waals surface area contributed by atoms with E-state index >= 15 is 0 Å². The molecule has 1 nitrogen and oxygen atoms in total. The smallest absolute Gasteiger partial charge is 0.100 e. The van der Waals surface area contributed by atoms with Gasteiger partial charge in [-0.15, -0.1) is 11.3 Å². The van der Waals surface area contributed by atoms with Crippen molar-refractivity contribution in [1.82, 2.24) is 0 Å². The Bertz CT molecular complexity index is 232. The zero-order valence-electron chi connectivity index (χ0n) is 5.27. The lowest BCUT2D eigenvalue weighted by molar-refractivity contribution is 0.200. The largest absolute Gasteiger partial charge is 0.389 e. The van der Waals surface area contributed by atoms with Gasteiger partial charge < -0.3 is 5.11 Å². The number of hydrogen-bond donors (Lipinski definition) is 1. The molecule has 1 heterocycles. The molecule has 0 radical (unpaired) electrons. The van der Waals surface area contributed by atoms with Crippen LogP contribution >= 0.6 is 34.5 Å². The Balaban J connectivity index is 3.03. The van der Waals surface area contributed by atoms with Crippen LogP contribution in [0, 0.1) is 0 Å². The van der Waals surface area contributed by atoms with E-state index in [9.17, 15) is 0 Å². The van der Waals surface area contributed by atoms with Crippen molar-refractivity contribution >= 4 is 34.5 Å². The second kappa shape index (κ2) is 3.09. The van der Waals surface area contributed by atoms with E-state index in [0.717, 1.165) is 0 Å². The highest BCUT2D eigenvalue weighted by Gasteiger charge is 2.09. The summed E-state index contributed by atoms with van der Waals surface area (Å²) in [6.07, 6.45) is -0.531. The van der Waals surface area contributed by atoms with Gasteiger partial charge in [0.05, 0.1) is 10.4 Å². The topological polar surface area (TPSA) is 20.2 Å². The van der Waals surface area contributed by atoms with Crippen LogP contribution in [-0.4, -0.2) is 5.11 Å². The molecule has 0 saturated heterocycles. The molecule has 0 aliphatic rings. The average molecular weight is 197 g/mol. The number of halogens is 2. The monoisotopic (exact) mass is 196 g/mol. The molecule has 0 aliphatic heterocycles. The summed E-state index contributed by atoms with van der Waals surface area (Å²) in [5, 5.41) is 9.08. The molecule has 0 amide bonds. The molecule has 0 fully saturated rings. The number of aliphatic hydroxyl groups is 1. The summed E-state index contributed by atoms with van der Waals surface area (Å²) in [6, 6.07) is 1.68. The SMILES string of the molecule is C[C@H](O)c1cc(Cl)sc1Cl. The van der Waals surface area contributed by atoms with Crippen LogP contribution in [0.3, 0.4) is 0 Å². The molecule has 0 aromatic carbocycles. The molecule has 0 bridgehead atoms. The third kappa shape index (κ3) is 1.64. The maximum absolute atomic E-state index is 9.08. The van der Waals surface area contributed by atoms with Crippen LogP contribution in [0.15, 0.2) is 6.07 Å². The molecule has 10 heavy (non-hydrogen) atoms. The van der Waals surface area contributed by atoms with E-state index in [-0.39, 0.29) is 0 Å². The fourth-order valence-electron chi connectivity index (χ4n) is 0.638. The number of rotatable bonds is 1. The fraction of sp³-hybridized carbons (Fsp3) is 0.333. The zero-order valence-corrected chi connectivity index (χ0v) is 7.59. The van der Waals surface area contributed by atoms with Crippen LogP contribution in [0.4, 0.5) is 0 Å². The van der Waals surface area contributed by atoms with Crippen molar-refractivity contribution in [3.8, 4) is 0 Å². The van der Waals surface area contributed by atoms with Gasteiger partial charge in [-0.1, -0.05) is 23.2 Å². The maximum Gasteiger partial charge on any atom is 0.100 e. The summed E-state index contributed by atoms with van der Waals surface area (Å²) in [7, 11) is 0. The van der Waals surface area contributed by atoms with Crippen LogP contribution in [0.2, 0.25) is 8.67 Å². The molecular formula is C6H6Cl2OS. The molecule has 1 atom stereocenters. The molecule has 1 N–H and O–H groups in total. The summed E-state index contributed by atoms with van der Waals surface area (Å²) in [6.45, 7) is 1.66. The molecule has 0 unspecified atom stereocenters. The van der Waals surface area contributed by atoms with E-state index in [1.807, 2.05) is 0 Å². The van der Waals surface area contributed by atoms with Gasteiger partial charge in [0.2, 0.25) is 0 Å². The lowest BCUT2D eigenvalue weighted by Gasteiger charge is -1.98. The first-order chi connectivity index (χ1) is 4.61. The van der Waals surface area contributed by atoms with Crippen LogP contribution in [0.5, 0.6) is 0 Å². The quantitative estimate of drug-likeness (QED) is 0.733. The minimum Gasteiger partial charge on any atom is -0.389 e. The van der Waals surface area contributed by atoms with Gasteiger partial charge in [-0.25, -0.2) is 0 Å². The molecule has 1 rings (SSSR count). The van der Waals surface area contributed by atoms with Crippen LogP contribution in [-0.2, 0) is 0 Å². The molecule has 0 saturated carbocycles. The van der Waals surface area contributed by atoms with Gasteiger partial charge in [-0.2, -0.15) is 0 Å². The van der Waals surface area contributed by atoms with Gasteiger partial charge in [-0.05, 0) is 13.0 Å². The molecule has 1 aromatic rings. The Morgan fingerprint density at radius 2 is 2.20 bits per heavy atom. The van der Waals surface area contributed by atoms with Gasteiger partial charge in [-0.3, -0.25) is 0 Å². The molecule has 1 aromatic heterocycles. The lowest BCUT2D eigenvalue weighted by atomic mass is 10.2. The van der Waals surface area contributed by atoms with Crippen molar-refractivity contribution in [3.63, 3.8) is 0 Å². The molecule has 0 spiro atoms. The van der Waals surface area contributed by atoms with E-state index in [1.165, 1.54) is 11.3 Å². The highest BCUT2D eigenvalue weighted by atomic mass is 35.5. The van der Waals surface area contributed by atoms with Gasteiger partial charge in [0.25, 0.3) is 0 Å². The van der Waals surface area contributed by atoms with Crippen molar-refractivity contribution in [2.45, 2.75) is 13.0 Å². The van der Waals surface area contributed by atoms with Gasteiger partial charge in [0.15, 0.2) is 0 Å². The lowest BCUT2D eigenvalue weighted by Crippen LogP contribution is -1.86. The summed E-state index contributed by atoms with van der Waals surface area (Å²) in [5.41, 5.74) is 0.705. The highest BCUT2D eigenvalue weighted by Crippen LogP contribution is 2.34. The van der Waals surface area contributed by atoms with Crippen molar-refractivity contribution in [3.05, 3.63) is 20.3 Å². The Morgan fingerprint density at radius 3 is 2.40 bits per heavy atom. The van der Waals surface area contributed by atoms with E-state index < -0.39 is 6.10 Å². The average Bonchev–Trinajstić information content (AvgIpc) is 2.10. The summed E-state index contributed by atoms with van der Waals surface area (Å²) >= 11 is 12.6. The second-order valence-corrected chi connectivity index (χ2v) is 4.24. The number of aliphatic hydroxyl groups excluding tert-OH is 1. The minimum absolute atomic E-state index is 0.531. The first-order valence-electron chi connectivity index (χ1n) is 2.74. The van der Waals surface area contributed by atoms with E-state index in [0.29, 0.717) is 14.2 Å². The predicted molar refractivity (Wildman–Crippen MR) is 45.0 cm³/mol. The third-order valence-electron chi connectivity index (χ3n) is 1.13. The van der Waals surface area contributed by atoms with Gasteiger partial charge in [0, 0.05) is 5.56 Å². The molecule has 0 aliphatic carbocycles. The summed E-state index contributed by atoms with van der Waals surface area (Å²) < 4.78 is 1.18. The molecule has 4 heteroatoms. The predicted octanol–water partition coefficient (Wildman–Crippen LogP) is 3.11. The number of thiophene rings is 1. The van der Waals surface area contributed by atoms with E-state index in [1.54, 1.807) is 13.0 Å². The summed E-state index contributed by atoms with van der Waals surface area (Å²) in [5.74, 6) is 0. The Hall–Kier alpha value is 0.240. The third-order valence-corrected chi connectivity index (χ3v) is 2.65. The minimum atomic E-state index is -0.531. The summed E-state index contributed by atoms with van der Waals surface area (Å²) in [4.78, 5) is 0. The fourth-order valence-corrected chi connectivity index (χ4v) is 2.27. The Morgan fingerprint density at radius 1 is 1.60 bits per heavy atom. The normalized spacial score (nSPS) is 13.6. The molecular weight excluding hydrogens is 191 g/mol. The Labute approximate surface area is 73.2 Å². The zero-order chi connectivity index (χ0) is 7.72. The van der Waals surface area contributed by atoms with E-state index in [2.05, 4.69) is 0 Å². The maximum atomic E-state index is 9.08. The van der Waals surface area contributed by atoms with Crippen LogP contribution in [0.25, 0.3) is 0 Å². The second-order valence-electron chi connectivity index (χ2n) is 1.96. The van der Waals surface area contributed by atoms with E-state index in [4.69, 9.17) is 28.3 Å². The van der Waals surface area contributed by atoms with Crippen molar-refractivity contribution < 1.29 is 5.11 Å². The van der Waals surface area contributed by atoms with Crippen LogP contribution < -0.4 is 0 Å². The first-order valence-corrected chi connectivity index (χ1v) is 4.31. The van der Waals surface area contributed by atoms with Crippen molar-refractivity contribution in [2.75, 3.05) is 0 Å². The van der Waals surface area contributed by atoms with Gasteiger partial charge in [0.1, 0.15) is 4.34 Å². The first kappa shape index (κ1) is 8.34. The number of hydrogen-bond acceptors (Lipinski definition) is 2. The van der Waals surface area contributed by atoms with Crippen LogP contribution in [0.1, 0.15) is 18.6 Å². The standard InChI is InChI=1S/C6H6Cl2OS/c1-3(9)4-2-5(7)10-6(4)8/h2-3,9H,1H3/t3-/m0/s1. The Kier molecular flexibility index (Phi) is 2.58. The van der Waals surface area contributed by atoms with Gasteiger partial charge >= 0.3 is 0 Å². The van der Waals surface area contributed by atoms with Crippen molar-refractivity contribution in [2.24, 2.45) is 0 Å². The highest BCUT2D eigenvalue weighted by molar-refractivity contribution is 7.20.